The molecule has 6 nitrogen and oxygen atoms in total. The van der Waals surface area contributed by atoms with Gasteiger partial charge in [-0.25, -0.2) is 0 Å². The maximum absolute atomic E-state index is 12.1. The Bertz CT molecular complexity index is 557. The molecule has 0 spiro atoms. The van der Waals surface area contributed by atoms with Crippen molar-refractivity contribution in [2.24, 2.45) is 16.6 Å². The number of rotatable bonds is 6. The Morgan fingerprint density at radius 2 is 1.96 bits per heavy atom. The van der Waals surface area contributed by atoms with Gasteiger partial charge in [-0.15, -0.1) is 13.2 Å². The molecule has 0 saturated carbocycles. The lowest BCUT2D eigenvalue weighted by Crippen LogP contribution is -2.39. The molecule has 25 heavy (non-hydrogen) atoms. The number of anilines is 1. The highest BCUT2D eigenvalue weighted by atomic mass is 19.4. The number of benzene rings is 1. The summed E-state index contributed by atoms with van der Waals surface area (Å²) in [4.78, 5) is 6.61. The molecule has 1 fully saturated rings. The summed E-state index contributed by atoms with van der Waals surface area (Å²) in [7, 11) is 0. The van der Waals surface area contributed by atoms with Gasteiger partial charge in [0.05, 0.1) is 13.2 Å². The van der Waals surface area contributed by atoms with Crippen molar-refractivity contribution in [2.45, 2.75) is 13.3 Å². The van der Waals surface area contributed by atoms with Gasteiger partial charge in [0.15, 0.2) is 5.96 Å². The molecule has 0 radical (unpaired) electrons. The van der Waals surface area contributed by atoms with Gasteiger partial charge in [0.1, 0.15) is 5.75 Å². The summed E-state index contributed by atoms with van der Waals surface area (Å²) in [6.45, 7) is 6.94. The number of nitrogens with zero attached hydrogens (tertiary/aromatic N) is 2. The first-order valence-corrected chi connectivity index (χ1v) is 8.04. The molecule has 1 aliphatic rings. The number of morpholine rings is 1. The molecule has 0 aromatic heterocycles. The van der Waals surface area contributed by atoms with E-state index in [1.54, 1.807) is 0 Å². The van der Waals surface area contributed by atoms with Crippen LogP contribution in [0.5, 0.6) is 5.75 Å². The van der Waals surface area contributed by atoms with Gasteiger partial charge in [0.25, 0.3) is 0 Å². The molecule has 1 aromatic carbocycles. The van der Waals surface area contributed by atoms with E-state index in [2.05, 4.69) is 26.9 Å². The second kappa shape index (κ2) is 8.91. The largest absolute Gasteiger partial charge is 0.573 e. The van der Waals surface area contributed by atoms with E-state index in [4.69, 9.17) is 10.5 Å². The predicted molar refractivity (Wildman–Crippen MR) is 89.7 cm³/mol. The van der Waals surface area contributed by atoms with Crippen LogP contribution in [0.2, 0.25) is 0 Å². The number of nitrogens with one attached hydrogen (secondary N) is 1. The Labute approximate surface area is 144 Å². The fraction of sp³-hybridized carbons (Fsp3) is 0.562. The predicted octanol–water partition coefficient (Wildman–Crippen LogP) is 2.28. The van der Waals surface area contributed by atoms with E-state index in [9.17, 15) is 13.2 Å². The molecule has 1 aromatic rings. The van der Waals surface area contributed by atoms with Crippen LogP contribution in [0.3, 0.4) is 0 Å². The summed E-state index contributed by atoms with van der Waals surface area (Å²) < 4.78 is 45.4. The summed E-state index contributed by atoms with van der Waals surface area (Å²) >= 11 is 0. The van der Waals surface area contributed by atoms with Crippen LogP contribution in [0, 0.1) is 5.92 Å². The number of halogens is 3. The molecule has 0 bridgehead atoms. The van der Waals surface area contributed by atoms with Crippen LogP contribution < -0.4 is 15.8 Å². The maximum Gasteiger partial charge on any atom is 0.573 e. The topological polar surface area (TPSA) is 72.1 Å². The molecule has 3 N–H and O–H groups in total. The lowest BCUT2D eigenvalue weighted by molar-refractivity contribution is -0.274. The lowest BCUT2D eigenvalue weighted by atomic mass is 10.1. The van der Waals surface area contributed by atoms with Crippen LogP contribution in [-0.4, -0.2) is 56.6 Å². The second-order valence-electron chi connectivity index (χ2n) is 5.94. The van der Waals surface area contributed by atoms with Gasteiger partial charge in [-0.2, -0.15) is 0 Å². The van der Waals surface area contributed by atoms with E-state index < -0.39 is 6.36 Å². The zero-order chi connectivity index (χ0) is 18.3. The molecular weight excluding hydrogens is 337 g/mol. The molecule has 0 aliphatic carbocycles. The average Bonchev–Trinajstić information content (AvgIpc) is 2.54. The van der Waals surface area contributed by atoms with E-state index in [-0.39, 0.29) is 11.7 Å². The number of guanidine groups is 1. The third-order valence-corrected chi connectivity index (χ3v) is 3.61. The normalized spacial score (nSPS) is 18.0. The van der Waals surface area contributed by atoms with Gasteiger partial charge in [0.2, 0.25) is 0 Å². The molecule has 1 aliphatic heterocycles. The van der Waals surface area contributed by atoms with E-state index in [1.165, 1.54) is 24.3 Å². The van der Waals surface area contributed by atoms with Crippen molar-refractivity contribution in [1.29, 1.82) is 0 Å². The molecule has 140 valence electrons. The molecule has 0 amide bonds. The van der Waals surface area contributed by atoms with E-state index in [0.717, 1.165) is 32.8 Å². The van der Waals surface area contributed by atoms with Crippen molar-refractivity contribution in [3.8, 4) is 5.75 Å². The summed E-state index contributed by atoms with van der Waals surface area (Å²) in [6.07, 6.45) is -4.70. The number of alkyl halides is 3. The minimum absolute atomic E-state index is 0.221. The van der Waals surface area contributed by atoms with Crippen LogP contribution in [0.4, 0.5) is 18.9 Å². The summed E-state index contributed by atoms with van der Waals surface area (Å²) in [5.41, 5.74) is 6.36. The van der Waals surface area contributed by atoms with Crippen molar-refractivity contribution in [2.75, 3.05) is 44.7 Å². The zero-order valence-corrected chi connectivity index (χ0v) is 14.1. The van der Waals surface area contributed by atoms with Crippen molar-refractivity contribution < 1.29 is 22.6 Å². The Morgan fingerprint density at radius 3 is 2.56 bits per heavy atom. The number of ether oxygens (including phenoxy) is 2. The van der Waals surface area contributed by atoms with Gasteiger partial charge >= 0.3 is 6.36 Å². The third kappa shape index (κ3) is 7.61. The summed E-state index contributed by atoms with van der Waals surface area (Å²) in [6, 6.07) is 5.32. The van der Waals surface area contributed by atoms with E-state index >= 15 is 0 Å². The number of hydrogen-bond acceptors (Lipinski definition) is 4. The average molecular weight is 360 g/mol. The number of hydrogen-bond donors (Lipinski definition) is 2. The van der Waals surface area contributed by atoms with Crippen LogP contribution >= 0.6 is 0 Å². The van der Waals surface area contributed by atoms with Crippen molar-refractivity contribution in [3.05, 3.63) is 24.3 Å². The highest BCUT2D eigenvalue weighted by Crippen LogP contribution is 2.23. The Kier molecular flexibility index (Phi) is 6.89. The van der Waals surface area contributed by atoms with Crippen LogP contribution in [0.15, 0.2) is 29.3 Å². The van der Waals surface area contributed by atoms with Gasteiger partial charge in [0, 0.05) is 31.9 Å². The molecule has 1 unspecified atom stereocenters. The van der Waals surface area contributed by atoms with Crippen molar-refractivity contribution in [1.82, 2.24) is 4.90 Å². The second-order valence-corrected chi connectivity index (χ2v) is 5.94. The highest BCUT2D eigenvalue weighted by molar-refractivity contribution is 5.92. The maximum atomic E-state index is 12.1. The highest BCUT2D eigenvalue weighted by Gasteiger charge is 2.30. The Hall–Kier alpha value is -2.00. The summed E-state index contributed by atoms with van der Waals surface area (Å²) in [5, 5.41) is 2.85. The van der Waals surface area contributed by atoms with E-state index in [0.29, 0.717) is 18.2 Å². The molecule has 1 heterocycles. The molecule has 9 heteroatoms. The molecule has 1 saturated heterocycles. The minimum Gasteiger partial charge on any atom is -0.406 e. The monoisotopic (exact) mass is 360 g/mol. The SMILES string of the molecule is CC(CN=C(N)Nc1ccc(OC(F)(F)F)cc1)CN1CCOCC1. The standard InChI is InChI=1S/C16H23F3N4O2/c1-12(11-23-6-8-24-9-7-23)10-21-15(20)22-13-2-4-14(5-3-13)25-16(17,18)19/h2-5,12H,6-11H2,1H3,(H3,20,21,22). The van der Waals surface area contributed by atoms with Crippen molar-refractivity contribution >= 4 is 11.6 Å². The quantitative estimate of drug-likeness (QED) is 0.602. The van der Waals surface area contributed by atoms with Crippen LogP contribution in [-0.2, 0) is 4.74 Å². The fourth-order valence-corrected chi connectivity index (χ4v) is 2.46. The fourth-order valence-electron chi connectivity index (χ4n) is 2.46. The summed E-state index contributed by atoms with van der Waals surface area (Å²) in [5.74, 6) is 0.270. The first-order valence-electron chi connectivity index (χ1n) is 8.04. The van der Waals surface area contributed by atoms with Gasteiger partial charge < -0.3 is 20.5 Å². The smallest absolute Gasteiger partial charge is 0.406 e. The van der Waals surface area contributed by atoms with Gasteiger partial charge in [-0.1, -0.05) is 6.92 Å². The van der Waals surface area contributed by atoms with Crippen molar-refractivity contribution in [3.63, 3.8) is 0 Å². The molecule has 2 rings (SSSR count). The lowest BCUT2D eigenvalue weighted by Gasteiger charge is -2.28. The molecular formula is C16H23F3N4O2. The van der Waals surface area contributed by atoms with E-state index in [1.807, 2.05) is 0 Å². The molecule has 1 atom stereocenters. The first-order chi connectivity index (χ1) is 11.8. The van der Waals surface area contributed by atoms with Gasteiger partial charge in [-0.05, 0) is 30.2 Å². The minimum atomic E-state index is -4.70. The zero-order valence-electron chi connectivity index (χ0n) is 14.1. The number of aliphatic imine (C=N–C) groups is 1. The number of nitrogens with two attached hydrogens (primary N) is 1. The first kappa shape index (κ1) is 19.3. The van der Waals surface area contributed by atoms with Crippen LogP contribution in [0.1, 0.15) is 6.92 Å². The van der Waals surface area contributed by atoms with Gasteiger partial charge in [-0.3, -0.25) is 9.89 Å². The Morgan fingerprint density at radius 1 is 1.32 bits per heavy atom. The third-order valence-electron chi connectivity index (χ3n) is 3.61. The Balaban J connectivity index is 1.78. The van der Waals surface area contributed by atoms with Crippen LogP contribution in [0.25, 0.3) is 0 Å².